The van der Waals surface area contributed by atoms with E-state index in [1.54, 1.807) is 35.0 Å². The highest BCUT2D eigenvalue weighted by atomic mass is 32.2. The van der Waals surface area contributed by atoms with Crippen LogP contribution in [0.3, 0.4) is 0 Å². The second-order valence-corrected chi connectivity index (χ2v) is 9.80. The molecule has 166 valence electrons. The van der Waals surface area contributed by atoms with Gasteiger partial charge in [-0.3, -0.25) is 9.59 Å². The molecule has 0 radical (unpaired) electrons. The van der Waals surface area contributed by atoms with E-state index in [1.165, 1.54) is 4.31 Å². The minimum absolute atomic E-state index is 0.0253. The Morgan fingerprint density at radius 1 is 1.10 bits per heavy atom. The summed E-state index contributed by atoms with van der Waals surface area (Å²) in [6.07, 6.45) is 2.68. The van der Waals surface area contributed by atoms with E-state index < -0.39 is 10.0 Å². The number of ether oxygens (including phenoxy) is 1. The van der Waals surface area contributed by atoms with Gasteiger partial charge in [-0.25, -0.2) is 12.7 Å². The summed E-state index contributed by atoms with van der Waals surface area (Å²) in [5.41, 5.74) is 1.60. The number of fused-ring (bicyclic) bond motifs is 1. The maximum atomic E-state index is 12.8. The van der Waals surface area contributed by atoms with Crippen LogP contribution in [-0.4, -0.2) is 75.9 Å². The third kappa shape index (κ3) is 5.01. The highest BCUT2D eigenvalue weighted by Crippen LogP contribution is 2.31. The molecule has 3 rings (SSSR count). The monoisotopic (exact) mass is 437 g/mol. The second-order valence-electron chi connectivity index (χ2n) is 7.76. The molecule has 0 aliphatic carbocycles. The molecule has 0 aromatic heterocycles. The van der Waals surface area contributed by atoms with Crippen molar-refractivity contribution < 1.29 is 22.7 Å². The number of hydrogen-bond donors (Lipinski definition) is 0. The first-order valence-corrected chi connectivity index (χ1v) is 12.0. The Kier molecular flexibility index (Phi) is 7.49. The zero-order valence-electron chi connectivity index (χ0n) is 17.8. The lowest BCUT2D eigenvalue weighted by molar-refractivity contribution is -0.136. The molecule has 0 atom stereocenters. The van der Waals surface area contributed by atoms with Crippen molar-refractivity contribution >= 4 is 27.5 Å². The van der Waals surface area contributed by atoms with Crippen molar-refractivity contribution in [1.82, 2.24) is 9.21 Å². The van der Waals surface area contributed by atoms with Gasteiger partial charge in [0.1, 0.15) is 0 Å². The van der Waals surface area contributed by atoms with Gasteiger partial charge >= 0.3 is 0 Å². The van der Waals surface area contributed by atoms with E-state index in [1.807, 2.05) is 6.92 Å². The van der Waals surface area contributed by atoms with Gasteiger partial charge in [0.2, 0.25) is 21.8 Å². The Morgan fingerprint density at radius 3 is 2.50 bits per heavy atom. The Bertz CT molecular complexity index is 881. The zero-order chi connectivity index (χ0) is 21.7. The minimum Gasteiger partial charge on any atom is -0.378 e. The van der Waals surface area contributed by atoms with Crippen molar-refractivity contribution in [3.63, 3.8) is 0 Å². The maximum absolute atomic E-state index is 12.8. The van der Waals surface area contributed by atoms with Gasteiger partial charge < -0.3 is 14.5 Å². The topological polar surface area (TPSA) is 87.2 Å². The number of sulfonamides is 1. The molecule has 0 N–H and O–H groups in total. The standard InChI is InChI=1S/C21H31N3O5S/c1-3-4-10-22(2)30(27,28)18-5-6-19-17(16-18)9-11-24(19)21(26)8-7-20(25)23-12-14-29-15-13-23/h5-6,16H,3-4,7-15H2,1-2H3. The van der Waals surface area contributed by atoms with Crippen LogP contribution in [0.2, 0.25) is 0 Å². The normalized spacial score (nSPS) is 16.8. The fraction of sp³-hybridized carbons (Fsp3) is 0.619. The number of carbonyl (C=O) groups excluding carboxylic acids is 2. The van der Waals surface area contributed by atoms with E-state index in [4.69, 9.17) is 4.74 Å². The van der Waals surface area contributed by atoms with Crippen LogP contribution in [0, 0.1) is 0 Å². The Labute approximate surface area is 178 Å². The lowest BCUT2D eigenvalue weighted by Crippen LogP contribution is -2.41. The van der Waals surface area contributed by atoms with Gasteiger partial charge in [-0.1, -0.05) is 13.3 Å². The van der Waals surface area contributed by atoms with Crippen molar-refractivity contribution in [2.75, 3.05) is 51.3 Å². The van der Waals surface area contributed by atoms with Crippen LogP contribution in [0.25, 0.3) is 0 Å². The van der Waals surface area contributed by atoms with Crippen LogP contribution in [0.5, 0.6) is 0 Å². The summed E-state index contributed by atoms with van der Waals surface area (Å²) in [7, 11) is -1.94. The highest BCUT2D eigenvalue weighted by molar-refractivity contribution is 7.89. The van der Waals surface area contributed by atoms with Crippen molar-refractivity contribution in [3.05, 3.63) is 23.8 Å². The summed E-state index contributed by atoms with van der Waals surface area (Å²) >= 11 is 0. The quantitative estimate of drug-likeness (QED) is 0.617. The van der Waals surface area contributed by atoms with E-state index >= 15 is 0 Å². The van der Waals surface area contributed by atoms with Crippen molar-refractivity contribution in [2.45, 2.75) is 43.9 Å². The zero-order valence-corrected chi connectivity index (χ0v) is 18.6. The molecule has 0 bridgehead atoms. The van der Waals surface area contributed by atoms with Crippen molar-refractivity contribution in [1.29, 1.82) is 0 Å². The summed E-state index contributed by atoms with van der Waals surface area (Å²) < 4.78 is 32.2. The fourth-order valence-electron chi connectivity index (χ4n) is 3.80. The van der Waals surface area contributed by atoms with Gasteiger partial charge in [-0.05, 0) is 36.6 Å². The van der Waals surface area contributed by atoms with Gasteiger partial charge in [0.25, 0.3) is 0 Å². The summed E-state index contributed by atoms with van der Waals surface area (Å²) in [6.45, 7) is 5.24. The SMILES string of the molecule is CCCCN(C)S(=O)(=O)c1ccc2c(c1)CCN2C(=O)CCC(=O)N1CCOCC1. The number of unbranched alkanes of at least 4 members (excludes halogenated alkanes) is 1. The molecule has 1 aromatic carbocycles. The molecule has 1 saturated heterocycles. The third-order valence-electron chi connectivity index (χ3n) is 5.70. The summed E-state index contributed by atoms with van der Waals surface area (Å²) in [4.78, 5) is 28.7. The lowest BCUT2D eigenvalue weighted by Gasteiger charge is -2.27. The van der Waals surface area contributed by atoms with Crippen LogP contribution >= 0.6 is 0 Å². The molecule has 2 amide bonds. The molecule has 8 nitrogen and oxygen atoms in total. The van der Waals surface area contributed by atoms with Crippen LogP contribution in [0.4, 0.5) is 5.69 Å². The van der Waals surface area contributed by atoms with E-state index in [2.05, 4.69) is 0 Å². The number of morpholine rings is 1. The number of nitrogens with zero attached hydrogens (tertiary/aromatic N) is 3. The number of benzene rings is 1. The second kappa shape index (κ2) is 9.89. The van der Waals surface area contributed by atoms with E-state index in [0.29, 0.717) is 45.8 Å². The molecule has 0 spiro atoms. The smallest absolute Gasteiger partial charge is 0.242 e. The molecule has 0 saturated carbocycles. The molecular weight excluding hydrogens is 406 g/mol. The van der Waals surface area contributed by atoms with Crippen LogP contribution < -0.4 is 4.90 Å². The van der Waals surface area contributed by atoms with Crippen LogP contribution in [0.15, 0.2) is 23.1 Å². The molecule has 1 aromatic rings. The molecule has 9 heteroatoms. The van der Waals surface area contributed by atoms with Crippen LogP contribution in [0.1, 0.15) is 38.2 Å². The number of rotatable bonds is 8. The predicted molar refractivity (Wildman–Crippen MR) is 114 cm³/mol. The first-order valence-electron chi connectivity index (χ1n) is 10.6. The van der Waals surface area contributed by atoms with E-state index in [9.17, 15) is 18.0 Å². The maximum Gasteiger partial charge on any atom is 0.242 e. The molecule has 2 aliphatic rings. The Hall–Kier alpha value is -1.97. The van der Waals surface area contributed by atoms with Gasteiger partial charge in [0, 0.05) is 51.8 Å². The molecule has 1 fully saturated rings. The van der Waals surface area contributed by atoms with Gasteiger partial charge in [-0.15, -0.1) is 0 Å². The van der Waals surface area contributed by atoms with Crippen molar-refractivity contribution in [3.8, 4) is 0 Å². The minimum atomic E-state index is -3.53. The number of anilines is 1. The number of hydrogen-bond acceptors (Lipinski definition) is 5. The molecule has 30 heavy (non-hydrogen) atoms. The number of amides is 2. The van der Waals surface area contributed by atoms with Gasteiger partial charge in [0.05, 0.1) is 18.1 Å². The molecular formula is C21H31N3O5S. The third-order valence-corrected chi connectivity index (χ3v) is 7.55. The van der Waals surface area contributed by atoms with E-state index in [-0.39, 0.29) is 29.6 Å². The lowest BCUT2D eigenvalue weighted by atomic mass is 10.2. The van der Waals surface area contributed by atoms with Gasteiger partial charge in [0.15, 0.2) is 0 Å². The Morgan fingerprint density at radius 2 is 1.80 bits per heavy atom. The number of carbonyl (C=O) groups is 2. The van der Waals surface area contributed by atoms with Gasteiger partial charge in [-0.2, -0.15) is 0 Å². The average Bonchev–Trinajstić information content (AvgIpc) is 3.19. The first kappa shape index (κ1) is 22.7. The largest absolute Gasteiger partial charge is 0.378 e. The van der Waals surface area contributed by atoms with Crippen LogP contribution in [-0.2, 0) is 30.8 Å². The highest BCUT2D eigenvalue weighted by Gasteiger charge is 2.28. The summed E-state index contributed by atoms with van der Waals surface area (Å²) in [6, 6.07) is 4.96. The fourth-order valence-corrected chi connectivity index (χ4v) is 5.06. The van der Waals surface area contributed by atoms with E-state index in [0.717, 1.165) is 24.1 Å². The molecule has 2 aliphatic heterocycles. The van der Waals surface area contributed by atoms with Crippen molar-refractivity contribution in [2.24, 2.45) is 0 Å². The Balaban J connectivity index is 1.63. The summed E-state index contributed by atoms with van der Waals surface area (Å²) in [5, 5.41) is 0. The molecule has 2 heterocycles. The average molecular weight is 438 g/mol. The molecule has 0 unspecified atom stereocenters. The summed E-state index contributed by atoms with van der Waals surface area (Å²) in [5.74, 6) is -0.131. The first-order chi connectivity index (χ1) is 14.3. The predicted octanol–water partition coefficient (Wildman–Crippen LogP) is 1.64.